The average Bonchev–Trinajstić information content (AvgIpc) is 2.87. The molecule has 17 heavy (non-hydrogen) atoms. The molecule has 1 aliphatic heterocycles. The van der Waals surface area contributed by atoms with Crippen LogP contribution in [0, 0.1) is 5.41 Å². The van der Waals surface area contributed by atoms with Crippen molar-refractivity contribution in [2.75, 3.05) is 20.1 Å². The summed E-state index contributed by atoms with van der Waals surface area (Å²) in [6.07, 6.45) is 1.82. The van der Waals surface area contributed by atoms with Gasteiger partial charge in [0.1, 0.15) is 5.84 Å². The lowest BCUT2D eigenvalue weighted by molar-refractivity contribution is -0.117. The van der Waals surface area contributed by atoms with Crippen molar-refractivity contribution in [3.8, 4) is 0 Å². The number of nitrogens with one attached hydrogen (secondary N) is 1. The monoisotopic (exact) mass is 231 g/mol. The van der Waals surface area contributed by atoms with E-state index in [9.17, 15) is 4.79 Å². The molecule has 1 aromatic carbocycles. The number of rotatable bonds is 3. The zero-order chi connectivity index (χ0) is 12.3. The van der Waals surface area contributed by atoms with E-state index >= 15 is 0 Å². The Bertz CT molecular complexity index is 404. The van der Waals surface area contributed by atoms with E-state index in [-0.39, 0.29) is 6.04 Å². The lowest BCUT2D eigenvalue weighted by Crippen LogP contribution is -2.38. The molecular formula is C13H17N3O. The highest BCUT2D eigenvalue weighted by atomic mass is 16.1. The third-order valence-electron chi connectivity index (χ3n) is 3.29. The highest BCUT2D eigenvalue weighted by Crippen LogP contribution is 2.15. The van der Waals surface area contributed by atoms with Gasteiger partial charge in [0.25, 0.3) is 0 Å². The number of likely N-dealkylation sites (tertiary alicyclic amines) is 1. The molecule has 1 heterocycles. The van der Waals surface area contributed by atoms with Crippen molar-refractivity contribution in [1.82, 2.24) is 9.80 Å². The summed E-state index contributed by atoms with van der Waals surface area (Å²) in [4.78, 5) is 14.4. The average molecular weight is 231 g/mol. The molecule has 1 saturated heterocycles. The summed E-state index contributed by atoms with van der Waals surface area (Å²) >= 11 is 0. The Kier molecular flexibility index (Phi) is 3.42. The molecule has 4 nitrogen and oxygen atoms in total. The second-order valence-electron chi connectivity index (χ2n) is 4.37. The predicted molar refractivity (Wildman–Crippen MR) is 67.1 cm³/mol. The maximum atomic E-state index is 10.7. The van der Waals surface area contributed by atoms with Crippen molar-refractivity contribution in [3.05, 3.63) is 35.9 Å². The van der Waals surface area contributed by atoms with Gasteiger partial charge in [-0.2, -0.15) is 0 Å². The number of hydrogen-bond donors (Lipinski definition) is 1. The van der Waals surface area contributed by atoms with Gasteiger partial charge in [-0.25, -0.2) is 0 Å². The Morgan fingerprint density at radius 1 is 1.47 bits per heavy atom. The molecule has 0 spiro atoms. The minimum Gasteiger partial charge on any atom is -0.355 e. The molecule has 1 unspecified atom stereocenters. The lowest BCUT2D eigenvalue weighted by atomic mass is 10.1. The Morgan fingerprint density at radius 2 is 2.18 bits per heavy atom. The van der Waals surface area contributed by atoms with Crippen LogP contribution >= 0.6 is 0 Å². The molecular weight excluding hydrogens is 214 g/mol. The molecule has 1 aliphatic rings. The molecule has 90 valence electrons. The van der Waals surface area contributed by atoms with E-state index in [4.69, 9.17) is 5.41 Å². The number of carbonyl (C=O) groups is 1. The minimum absolute atomic E-state index is 0.257. The first kappa shape index (κ1) is 11.6. The zero-order valence-corrected chi connectivity index (χ0v) is 9.97. The number of likely N-dealkylation sites (N-methyl/N-ethyl adjacent to an activating group) is 1. The largest absolute Gasteiger partial charge is 0.355 e. The van der Waals surface area contributed by atoms with Gasteiger partial charge in [-0.1, -0.05) is 30.3 Å². The lowest BCUT2D eigenvalue weighted by Gasteiger charge is -2.26. The van der Waals surface area contributed by atoms with E-state index < -0.39 is 0 Å². The normalized spacial score (nSPS) is 19.1. The number of carbonyl (C=O) groups excluding carboxylic acids is 1. The van der Waals surface area contributed by atoms with E-state index in [1.165, 1.54) is 0 Å². The van der Waals surface area contributed by atoms with Crippen LogP contribution in [0.25, 0.3) is 0 Å². The van der Waals surface area contributed by atoms with Gasteiger partial charge in [0.2, 0.25) is 6.41 Å². The molecule has 0 saturated carbocycles. The molecule has 1 N–H and O–H groups in total. The maximum Gasteiger partial charge on any atom is 0.209 e. The van der Waals surface area contributed by atoms with Crippen molar-refractivity contribution in [3.63, 3.8) is 0 Å². The number of amidine groups is 1. The summed E-state index contributed by atoms with van der Waals surface area (Å²) in [6, 6.07) is 9.94. The van der Waals surface area contributed by atoms with Crippen LogP contribution < -0.4 is 0 Å². The fourth-order valence-electron chi connectivity index (χ4n) is 2.16. The molecule has 0 radical (unpaired) electrons. The molecule has 1 aromatic rings. The molecule has 1 amide bonds. The Morgan fingerprint density at radius 3 is 2.76 bits per heavy atom. The number of benzene rings is 1. The van der Waals surface area contributed by atoms with Crippen LogP contribution in [0.1, 0.15) is 12.0 Å². The first-order valence-corrected chi connectivity index (χ1v) is 5.78. The number of amides is 1. The van der Waals surface area contributed by atoms with E-state index in [1.807, 2.05) is 42.3 Å². The van der Waals surface area contributed by atoms with Crippen molar-refractivity contribution < 1.29 is 4.79 Å². The van der Waals surface area contributed by atoms with E-state index in [0.29, 0.717) is 5.84 Å². The predicted octanol–water partition coefficient (Wildman–Crippen LogP) is 1.17. The van der Waals surface area contributed by atoms with Crippen LogP contribution in [0.2, 0.25) is 0 Å². The van der Waals surface area contributed by atoms with Crippen LogP contribution in [-0.4, -0.2) is 48.2 Å². The Hall–Kier alpha value is -1.84. The summed E-state index contributed by atoms with van der Waals surface area (Å²) in [7, 11) is 1.92. The molecule has 0 aliphatic carbocycles. The fourth-order valence-corrected chi connectivity index (χ4v) is 2.16. The SMILES string of the molecule is CN(C(=N)c1ccccc1)C1CCN(C=O)C1. The maximum absolute atomic E-state index is 10.7. The summed E-state index contributed by atoms with van der Waals surface area (Å²) in [5, 5.41) is 8.14. The van der Waals surface area contributed by atoms with Crippen LogP contribution in [0.5, 0.6) is 0 Å². The van der Waals surface area contributed by atoms with Gasteiger partial charge >= 0.3 is 0 Å². The summed E-state index contributed by atoms with van der Waals surface area (Å²) in [5.41, 5.74) is 0.916. The van der Waals surface area contributed by atoms with Crippen molar-refractivity contribution in [2.24, 2.45) is 0 Å². The van der Waals surface area contributed by atoms with Crippen molar-refractivity contribution in [1.29, 1.82) is 5.41 Å². The van der Waals surface area contributed by atoms with Gasteiger partial charge in [0.05, 0.1) is 0 Å². The quantitative estimate of drug-likeness (QED) is 0.482. The standard InChI is InChI=1S/C13H17N3O/c1-15(12-7-8-16(9-12)10-17)13(14)11-5-3-2-4-6-11/h2-6,10,12,14H,7-9H2,1H3. The van der Waals surface area contributed by atoms with Crippen LogP contribution in [0.3, 0.4) is 0 Å². The highest BCUT2D eigenvalue weighted by molar-refractivity contribution is 5.96. The smallest absolute Gasteiger partial charge is 0.209 e. The van der Waals surface area contributed by atoms with Crippen molar-refractivity contribution in [2.45, 2.75) is 12.5 Å². The van der Waals surface area contributed by atoms with Crippen molar-refractivity contribution >= 4 is 12.2 Å². The van der Waals surface area contributed by atoms with Gasteiger partial charge in [-0.3, -0.25) is 10.2 Å². The van der Waals surface area contributed by atoms with Crippen LogP contribution in [0.15, 0.2) is 30.3 Å². The van der Waals surface area contributed by atoms with Crippen LogP contribution in [-0.2, 0) is 4.79 Å². The summed E-state index contributed by atoms with van der Waals surface area (Å²) in [5.74, 6) is 0.517. The molecule has 4 heteroatoms. The zero-order valence-electron chi connectivity index (χ0n) is 9.97. The Labute approximate surface area is 101 Å². The molecule has 2 rings (SSSR count). The van der Waals surface area contributed by atoms with Gasteiger partial charge in [-0.15, -0.1) is 0 Å². The topological polar surface area (TPSA) is 47.4 Å². The number of hydrogen-bond acceptors (Lipinski definition) is 2. The minimum atomic E-state index is 0.257. The highest BCUT2D eigenvalue weighted by Gasteiger charge is 2.26. The summed E-state index contributed by atoms with van der Waals surface area (Å²) < 4.78 is 0. The second-order valence-corrected chi connectivity index (χ2v) is 4.37. The Balaban J connectivity index is 2.03. The molecule has 1 fully saturated rings. The van der Waals surface area contributed by atoms with Gasteiger partial charge < -0.3 is 9.80 Å². The van der Waals surface area contributed by atoms with E-state index in [1.54, 1.807) is 4.90 Å². The van der Waals surface area contributed by atoms with Gasteiger partial charge in [0, 0.05) is 31.7 Å². The fraction of sp³-hybridized carbons (Fsp3) is 0.385. The van der Waals surface area contributed by atoms with Gasteiger partial charge in [-0.05, 0) is 6.42 Å². The molecule has 1 atom stereocenters. The van der Waals surface area contributed by atoms with E-state index in [2.05, 4.69) is 0 Å². The third-order valence-corrected chi connectivity index (χ3v) is 3.29. The first-order chi connectivity index (χ1) is 8.22. The van der Waals surface area contributed by atoms with Crippen LogP contribution in [0.4, 0.5) is 0 Å². The molecule has 0 aromatic heterocycles. The molecule has 0 bridgehead atoms. The third kappa shape index (κ3) is 2.46. The van der Waals surface area contributed by atoms with E-state index in [0.717, 1.165) is 31.5 Å². The van der Waals surface area contributed by atoms with Gasteiger partial charge in [0.15, 0.2) is 0 Å². The summed E-state index contributed by atoms with van der Waals surface area (Å²) in [6.45, 7) is 1.51. The number of nitrogens with zero attached hydrogens (tertiary/aromatic N) is 2. The first-order valence-electron chi connectivity index (χ1n) is 5.78. The second kappa shape index (κ2) is 4.99.